The highest BCUT2D eigenvalue weighted by Crippen LogP contribution is 2.29. The van der Waals surface area contributed by atoms with Gasteiger partial charge in [0.1, 0.15) is 4.88 Å². The number of methoxy groups -OCH3 is 1. The molecule has 3 aromatic rings. The Balaban J connectivity index is 1.78. The Hall–Kier alpha value is -2.99. The highest BCUT2D eigenvalue weighted by atomic mass is 32.1. The number of nitrogens with one attached hydrogen (secondary N) is 1. The maximum Gasteiger partial charge on any atom is 0.350 e. The number of benzene rings is 2. The molecule has 1 aromatic heterocycles. The summed E-state index contributed by atoms with van der Waals surface area (Å²) in [6.07, 6.45) is 0.278. The van der Waals surface area contributed by atoms with Crippen LogP contribution in [0, 0.1) is 6.92 Å². The van der Waals surface area contributed by atoms with Crippen LogP contribution in [-0.2, 0) is 9.53 Å². The quantitative estimate of drug-likeness (QED) is 0.644. The first-order valence-corrected chi connectivity index (χ1v) is 9.35. The molecule has 0 aliphatic heterocycles. The average molecular weight is 380 g/mol. The van der Waals surface area contributed by atoms with Crippen LogP contribution in [0.2, 0.25) is 0 Å². The van der Waals surface area contributed by atoms with E-state index in [2.05, 4.69) is 10.3 Å². The van der Waals surface area contributed by atoms with Gasteiger partial charge in [-0.3, -0.25) is 4.79 Å². The van der Waals surface area contributed by atoms with Crippen LogP contribution < -0.4 is 5.32 Å². The van der Waals surface area contributed by atoms with E-state index in [0.717, 1.165) is 22.5 Å². The van der Waals surface area contributed by atoms with E-state index in [1.54, 1.807) is 6.92 Å². The van der Waals surface area contributed by atoms with Crippen LogP contribution in [0.5, 0.6) is 0 Å². The minimum atomic E-state index is -0.447. The molecule has 0 spiro atoms. The highest BCUT2D eigenvalue weighted by molar-refractivity contribution is 7.17. The predicted molar refractivity (Wildman–Crippen MR) is 106 cm³/mol. The third-order valence-electron chi connectivity index (χ3n) is 4.21. The Morgan fingerprint density at radius 1 is 1.04 bits per heavy atom. The fourth-order valence-corrected chi connectivity index (χ4v) is 3.79. The third-order valence-corrected chi connectivity index (χ3v) is 5.26. The molecule has 5 nitrogen and oxygen atoms in total. The summed E-state index contributed by atoms with van der Waals surface area (Å²) in [5.41, 5.74) is 2.69. The zero-order chi connectivity index (χ0) is 19.2. The minimum absolute atomic E-state index is 0.0615. The van der Waals surface area contributed by atoms with Crippen molar-refractivity contribution in [2.24, 2.45) is 0 Å². The van der Waals surface area contributed by atoms with Crippen LogP contribution in [0.25, 0.3) is 0 Å². The van der Waals surface area contributed by atoms with Crippen molar-refractivity contribution in [2.45, 2.75) is 19.3 Å². The van der Waals surface area contributed by atoms with Crippen LogP contribution in [0.4, 0.5) is 5.13 Å². The number of amides is 1. The molecular weight excluding hydrogens is 360 g/mol. The van der Waals surface area contributed by atoms with Crippen molar-refractivity contribution >= 4 is 28.3 Å². The summed E-state index contributed by atoms with van der Waals surface area (Å²) in [6.45, 7) is 1.72. The zero-order valence-corrected chi connectivity index (χ0v) is 16.0. The Kier molecular flexibility index (Phi) is 5.98. The number of aromatic nitrogens is 1. The molecular formula is C21H20N2O3S. The molecule has 0 atom stereocenters. The van der Waals surface area contributed by atoms with Gasteiger partial charge in [0.25, 0.3) is 0 Å². The van der Waals surface area contributed by atoms with E-state index in [1.165, 1.54) is 7.11 Å². The van der Waals surface area contributed by atoms with Crippen molar-refractivity contribution < 1.29 is 14.3 Å². The lowest BCUT2D eigenvalue weighted by Gasteiger charge is -2.17. The van der Waals surface area contributed by atoms with Crippen molar-refractivity contribution in [1.29, 1.82) is 0 Å². The molecule has 1 amide bonds. The van der Waals surface area contributed by atoms with Gasteiger partial charge < -0.3 is 10.1 Å². The SMILES string of the molecule is COC(=O)c1sc(NC(=O)CC(c2ccccc2)c2ccccc2)nc1C. The molecule has 0 aliphatic rings. The van der Waals surface area contributed by atoms with Crippen molar-refractivity contribution in [3.05, 3.63) is 82.4 Å². The topological polar surface area (TPSA) is 68.3 Å². The van der Waals surface area contributed by atoms with Gasteiger partial charge in [-0.25, -0.2) is 9.78 Å². The molecule has 3 rings (SSSR count). The third kappa shape index (κ3) is 4.60. The first kappa shape index (κ1) is 18.8. The highest BCUT2D eigenvalue weighted by Gasteiger charge is 2.21. The average Bonchev–Trinajstić information content (AvgIpc) is 3.06. The smallest absolute Gasteiger partial charge is 0.350 e. The number of aryl methyl sites for hydroxylation is 1. The second kappa shape index (κ2) is 8.60. The molecule has 0 fully saturated rings. The van der Waals surface area contributed by atoms with E-state index in [9.17, 15) is 9.59 Å². The van der Waals surface area contributed by atoms with E-state index in [1.807, 2.05) is 60.7 Å². The standard InChI is InChI=1S/C21H20N2O3S/c1-14-19(20(25)26-2)27-21(22-14)23-18(24)13-17(15-9-5-3-6-10-15)16-11-7-4-8-12-16/h3-12,17H,13H2,1-2H3,(H,22,23,24). The Morgan fingerprint density at radius 2 is 1.59 bits per heavy atom. The van der Waals surface area contributed by atoms with Gasteiger partial charge in [-0.15, -0.1) is 0 Å². The van der Waals surface area contributed by atoms with Gasteiger partial charge in [-0.1, -0.05) is 72.0 Å². The maximum atomic E-state index is 12.7. The van der Waals surface area contributed by atoms with Crippen molar-refractivity contribution in [1.82, 2.24) is 4.98 Å². The van der Waals surface area contributed by atoms with Gasteiger partial charge >= 0.3 is 5.97 Å². The molecule has 138 valence electrons. The summed E-state index contributed by atoms with van der Waals surface area (Å²) in [5.74, 6) is -0.664. The molecule has 1 heterocycles. The molecule has 6 heteroatoms. The van der Waals surface area contributed by atoms with Crippen molar-refractivity contribution in [3.8, 4) is 0 Å². The molecule has 0 saturated carbocycles. The molecule has 1 N–H and O–H groups in total. The number of thiazole rings is 1. The molecule has 0 radical (unpaired) electrons. The van der Waals surface area contributed by atoms with E-state index in [4.69, 9.17) is 4.74 Å². The summed E-state index contributed by atoms with van der Waals surface area (Å²) in [4.78, 5) is 29.0. The van der Waals surface area contributed by atoms with Gasteiger partial charge in [-0.2, -0.15) is 0 Å². The summed E-state index contributed by atoms with van der Waals surface area (Å²) in [7, 11) is 1.32. The fourth-order valence-electron chi connectivity index (χ4n) is 2.89. The lowest BCUT2D eigenvalue weighted by atomic mass is 9.88. The second-order valence-electron chi connectivity index (χ2n) is 6.05. The number of hydrogen-bond acceptors (Lipinski definition) is 5. The van der Waals surface area contributed by atoms with E-state index in [-0.39, 0.29) is 18.2 Å². The van der Waals surface area contributed by atoms with Crippen LogP contribution >= 0.6 is 11.3 Å². The summed E-state index contributed by atoms with van der Waals surface area (Å²) in [5, 5.41) is 3.21. The monoisotopic (exact) mass is 380 g/mol. The normalized spacial score (nSPS) is 10.6. The summed E-state index contributed by atoms with van der Waals surface area (Å²) >= 11 is 1.12. The Labute approximate surface area is 162 Å². The van der Waals surface area contributed by atoms with Crippen LogP contribution in [0.15, 0.2) is 60.7 Å². The number of ether oxygens (including phenoxy) is 1. The fraction of sp³-hybridized carbons (Fsp3) is 0.190. The molecule has 0 unspecified atom stereocenters. The van der Waals surface area contributed by atoms with Crippen molar-refractivity contribution in [2.75, 3.05) is 12.4 Å². The largest absolute Gasteiger partial charge is 0.465 e. The van der Waals surface area contributed by atoms with Crippen molar-refractivity contribution in [3.63, 3.8) is 0 Å². The number of nitrogens with zero attached hydrogens (tertiary/aromatic N) is 1. The lowest BCUT2D eigenvalue weighted by Crippen LogP contribution is -2.16. The minimum Gasteiger partial charge on any atom is -0.465 e. The second-order valence-corrected chi connectivity index (χ2v) is 7.05. The van der Waals surface area contributed by atoms with E-state index >= 15 is 0 Å². The zero-order valence-electron chi connectivity index (χ0n) is 15.1. The van der Waals surface area contributed by atoms with Crippen LogP contribution in [-0.4, -0.2) is 24.0 Å². The molecule has 0 bridgehead atoms. The molecule has 2 aromatic carbocycles. The molecule has 27 heavy (non-hydrogen) atoms. The number of carbonyl (C=O) groups excluding carboxylic acids is 2. The Bertz CT molecular complexity index is 884. The first-order valence-electron chi connectivity index (χ1n) is 8.54. The molecule has 0 aliphatic carbocycles. The van der Waals surface area contributed by atoms with Gasteiger partial charge in [0.05, 0.1) is 12.8 Å². The number of esters is 1. The lowest BCUT2D eigenvalue weighted by molar-refractivity contribution is -0.116. The van der Waals surface area contributed by atoms with Gasteiger partial charge in [0.2, 0.25) is 5.91 Å². The Morgan fingerprint density at radius 3 is 2.11 bits per heavy atom. The maximum absolute atomic E-state index is 12.7. The van der Waals surface area contributed by atoms with Gasteiger partial charge in [0.15, 0.2) is 5.13 Å². The van der Waals surface area contributed by atoms with E-state index in [0.29, 0.717) is 15.7 Å². The number of carbonyl (C=O) groups is 2. The van der Waals surface area contributed by atoms with Crippen LogP contribution in [0.3, 0.4) is 0 Å². The molecule has 0 saturated heterocycles. The van der Waals surface area contributed by atoms with Gasteiger partial charge in [0, 0.05) is 12.3 Å². The predicted octanol–water partition coefficient (Wildman–Crippen LogP) is 4.40. The van der Waals surface area contributed by atoms with E-state index < -0.39 is 5.97 Å². The number of rotatable bonds is 6. The van der Waals surface area contributed by atoms with Gasteiger partial charge in [-0.05, 0) is 18.1 Å². The number of hydrogen-bond donors (Lipinski definition) is 1. The number of anilines is 1. The summed E-state index contributed by atoms with van der Waals surface area (Å²) in [6, 6.07) is 19.9. The summed E-state index contributed by atoms with van der Waals surface area (Å²) < 4.78 is 4.73. The van der Waals surface area contributed by atoms with Crippen LogP contribution in [0.1, 0.15) is 38.8 Å². The first-order chi connectivity index (χ1) is 13.1.